The zero-order chi connectivity index (χ0) is 17.6. The lowest BCUT2D eigenvalue weighted by Gasteiger charge is -2.14. The fraction of sp³-hybridized carbons (Fsp3) is 0.235. The van der Waals surface area contributed by atoms with Crippen LogP contribution in [0.3, 0.4) is 0 Å². The lowest BCUT2D eigenvalue weighted by molar-refractivity contribution is 0.415. The number of hydrogen-bond donors (Lipinski definition) is 1. The third-order valence-corrected chi connectivity index (χ3v) is 4.93. The predicted molar refractivity (Wildman–Crippen MR) is 101 cm³/mol. The van der Waals surface area contributed by atoms with Crippen molar-refractivity contribution in [2.24, 2.45) is 0 Å². The van der Waals surface area contributed by atoms with E-state index in [0.717, 1.165) is 39.6 Å². The van der Waals surface area contributed by atoms with Crippen LogP contribution in [0.15, 0.2) is 35.1 Å². The molecule has 1 N–H and O–H groups in total. The van der Waals surface area contributed by atoms with Crippen LogP contribution in [-0.2, 0) is 0 Å². The lowest BCUT2D eigenvalue weighted by atomic mass is 10.1. The van der Waals surface area contributed by atoms with Gasteiger partial charge in [0.15, 0.2) is 5.82 Å². The Balaban J connectivity index is 2.00. The average molecular weight is 421 g/mol. The zero-order valence-electron chi connectivity index (χ0n) is 13.6. The topological polar surface area (TPSA) is 64.9 Å². The van der Waals surface area contributed by atoms with Crippen molar-refractivity contribution in [2.75, 3.05) is 19.0 Å². The molecule has 3 heterocycles. The molecule has 3 aromatic rings. The molecule has 1 atom stereocenters. The summed E-state index contributed by atoms with van der Waals surface area (Å²) >= 11 is 9.77. The highest BCUT2D eigenvalue weighted by Gasteiger charge is 2.26. The van der Waals surface area contributed by atoms with Crippen molar-refractivity contribution < 1.29 is 4.74 Å². The first kappa shape index (κ1) is 16.4. The second-order valence-electron chi connectivity index (χ2n) is 5.89. The first-order valence-electron chi connectivity index (χ1n) is 7.76. The number of nitrogens with one attached hydrogen (secondary N) is 1. The van der Waals surface area contributed by atoms with Crippen molar-refractivity contribution in [1.82, 2.24) is 19.7 Å². The molecule has 0 spiro atoms. The quantitative estimate of drug-likeness (QED) is 0.670. The summed E-state index contributed by atoms with van der Waals surface area (Å²) in [5, 5.41) is 12.9. The molecule has 128 valence electrons. The number of rotatable bonds is 2. The summed E-state index contributed by atoms with van der Waals surface area (Å²) in [5.74, 6) is 2.39. The van der Waals surface area contributed by atoms with Gasteiger partial charge in [0.25, 0.3) is 0 Å². The van der Waals surface area contributed by atoms with Gasteiger partial charge in [-0.1, -0.05) is 18.5 Å². The van der Waals surface area contributed by atoms with Crippen molar-refractivity contribution in [3.63, 3.8) is 0 Å². The van der Waals surface area contributed by atoms with Gasteiger partial charge in [0.05, 0.1) is 23.5 Å². The van der Waals surface area contributed by atoms with Gasteiger partial charge >= 0.3 is 0 Å². The molecular formula is C17H15BrClN5O. The highest BCUT2D eigenvalue weighted by Crippen LogP contribution is 2.39. The van der Waals surface area contributed by atoms with Crippen LogP contribution < -0.4 is 10.1 Å². The van der Waals surface area contributed by atoms with Gasteiger partial charge in [0.1, 0.15) is 11.6 Å². The largest absolute Gasteiger partial charge is 0.495 e. The average Bonchev–Trinajstić information content (AvgIpc) is 2.99. The van der Waals surface area contributed by atoms with E-state index in [1.807, 2.05) is 22.8 Å². The summed E-state index contributed by atoms with van der Waals surface area (Å²) in [6, 6.07) is 5.76. The highest BCUT2D eigenvalue weighted by molar-refractivity contribution is 9.10. The monoisotopic (exact) mass is 419 g/mol. The number of methoxy groups -OCH3 is 1. The van der Waals surface area contributed by atoms with Crippen LogP contribution in [0, 0.1) is 0 Å². The Hall–Kier alpha value is -2.12. The minimum atomic E-state index is 0.179. The van der Waals surface area contributed by atoms with Crippen molar-refractivity contribution in [3.8, 4) is 22.8 Å². The zero-order valence-corrected chi connectivity index (χ0v) is 16.0. The smallest absolute Gasteiger partial charge is 0.170 e. The van der Waals surface area contributed by atoms with E-state index < -0.39 is 0 Å². The van der Waals surface area contributed by atoms with E-state index in [2.05, 4.69) is 43.4 Å². The molecule has 0 bridgehead atoms. The molecule has 25 heavy (non-hydrogen) atoms. The molecule has 4 rings (SSSR count). The van der Waals surface area contributed by atoms with Gasteiger partial charge in [0.2, 0.25) is 0 Å². The Morgan fingerprint density at radius 3 is 2.88 bits per heavy atom. The second kappa shape index (κ2) is 6.31. The SMILES string of the molecule is COc1cc2c(cc1Cl)NC[C@@H](C)c1nnc(-c3cncc(Br)c3)n1-2. The van der Waals surface area contributed by atoms with Crippen molar-refractivity contribution in [2.45, 2.75) is 12.8 Å². The summed E-state index contributed by atoms with van der Waals surface area (Å²) in [4.78, 5) is 4.25. The molecule has 0 amide bonds. The number of ether oxygens (including phenoxy) is 1. The molecule has 6 nitrogen and oxygen atoms in total. The van der Waals surface area contributed by atoms with Crippen LogP contribution in [0.25, 0.3) is 17.1 Å². The van der Waals surface area contributed by atoms with Gasteiger partial charge in [-0.15, -0.1) is 10.2 Å². The van der Waals surface area contributed by atoms with Crippen LogP contribution >= 0.6 is 27.5 Å². The Bertz CT molecular complexity index is 958. The standard InChI is InChI=1S/C17H15BrClN5O/c1-9-6-21-13-4-12(19)15(25-2)5-14(13)24-16(9)22-23-17(24)10-3-11(18)8-20-7-10/h3-5,7-9,21H,6H2,1-2H3/t9-/m1/s1. The number of benzene rings is 1. The molecule has 0 aliphatic carbocycles. The maximum atomic E-state index is 6.31. The van der Waals surface area contributed by atoms with Crippen molar-refractivity contribution in [1.29, 1.82) is 0 Å². The number of pyridine rings is 1. The third-order valence-electron chi connectivity index (χ3n) is 4.20. The van der Waals surface area contributed by atoms with Crippen LogP contribution in [0.2, 0.25) is 5.02 Å². The Kier molecular flexibility index (Phi) is 4.13. The van der Waals surface area contributed by atoms with Crippen LogP contribution in [-0.4, -0.2) is 33.4 Å². The number of anilines is 1. The maximum Gasteiger partial charge on any atom is 0.170 e. The molecule has 0 saturated heterocycles. The molecule has 1 aliphatic rings. The van der Waals surface area contributed by atoms with Crippen LogP contribution in [0.5, 0.6) is 5.75 Å². The number of hydrogen-bond acceptors (Lipinski definition) is 5. The summed E-state index contributed by atoms with van der Waals surface area (Å²) in [5.41, 5.74) is 2.70. The van der Waals surface area contributed by atoms with Gasteiger partial charge in [-0.05, 0) is 28.1 Å². The molecule has 0 unspecified atom stereocenters. The molecule has 0 saturated carbocycles. The molecular weight excluding hydrogens is 406 g/mol. The predicted octanol–water partition coefficient (Wildman–Crippen LogP) is 4.28. The van der Waals surface area contributed by atoms with Gasteiger partial charge in [-0.2, -0.15) is 0 Å². The Morgan fingerprint density at radius 1 is 1.28 bits per heavy atom. The number of nitrogens with zero attached hydrogens (tertiary/aromatic N) is 4. The third kappa shape index (κ3) is 2.77. The van der Waals surface area contributed by atoms with Gasteiger partial charge < -0.3 is 10.1 Å². The number of fused-ring (bicyclic) bond motifs is 3. The number of halogens is 2. The summed E-state index contributed by atoms with van der Waals surface area (Å²) in [6.07, 6.45) is 3.52. The fourth-order valence-corrected chi connectivity index (χ4v) is 3.56. The van der Waals surface area contributed by atoms with E-state index in [-0.39, 0.29) is 5.92 Å². The van der Waals surface area contributed by atoms with E-state index in [1.165, 1.54) is 0 Å². The van der Waals surface area contributed by atoms with Gasteiger partial charge in [0, 0.05) is 41.0 Å². The summed E-state index contributed by atoms with van der Waals surface area (Å²) in [7, 11) is 1.60. The first-order valence-corrected chi connectivity index (χ1v) is 8.93. The maximum absolute atomic E-state index is 6.31. The number of aromatic nitrogens is 4. The molecule has 0 radical (unpaired) electrons. The Labute approximate surface area is 158 Å². The minimum absolute atomic E-state index is 0.179. The fourth-order valence-electron chi connectivity index (χ4n) is 2.95. The van der Waals surface area contributed by atoms with Crippen LogP contribution in [0.4, 0.5) is 5.69 Å². The van der Waals surface area contributed by atoms with E-state index in [4.69, 9.17) is 16.3 Å². The van der Waals surface area contributed by atoms with Crippen LogP contribution in [0.1, 0.15) is 18.7 Å². The normalized spacial score (nSPS) is 15.8. The lowest BCUT2D eigenvalue weighted by Crippen LogP contribution is -2.09. The second-order valence-corrected chi connectivity index (χ2v) is 7.22. The first-order chi connectivity index (χ1) is 12.1. The minimum Gasteiger partial charge on any atom is -0.495 e. The van der Waals surface area contributed by atoms with E-state index in [1.54, 1.807) is 19.5 Å². The van der Waals surface area contributed by atoms with Crippen molar-refractivity contribution in [3.05, 3.63) is 45.9 Å². The van der Waals surface area contributed by atoms with Crippen molar-refractivity contribution >= 4 is 33.2 Å². The van der Waals surface area contributed by atoms with Gasteiger partial charge in [-0.3, -0.25) is 9.55 Å². The molecule has 1 aliphatic heterocycles. The molecule has 2 aromatic heterocycles. The highest BCUT2D eigenvalue weighted by atomic mass is 79.9. The van der Waals surface area contributed by atoms with E-state index in [9.17, 15) is 0 Å². The van der Waals surface area contributed by atoms with E-state index in [0.29, 0.717) is 10.8 Å². The summed E-state index contributed by atoms with van der Waals surface area (Å²) in [6.45, 7) is 2.85. The van der Waals surface area contributed by atoms with E-state index >= 15 is 0 Å². The Morgan fingerprint density at radius 2 is 2.12 bits per heavy atom. The molecule has 8 heteroatoms. The summed E-state index contributed by atoms with van der Waals surface area (Å²) < 4.78 is 8.33. The molecule has 0 fully saturated rings. The molecule has 1 aromatic carbocycles. The van der Waals surface area contributed by atoms with Gasteiger partial charge in [-0.25, -0.2) is 0 Å².